The number of carbonyl (C=O) groups excluding carboxylic acids is 1. The Kier molecular flexibility index (Phi) is 5.88. The third kappa shape index (κ3) is 4.89. The first-order valence-corrected chi connectivity index (χ1v) is 7.85. The van der Waals surface area contributed by atoms with E-state index in [2.05, 4.69) is 42.3 Å². The molecule has 0 saturated heterocycles. The number of rotatable bonds is 6. The predicted octanol–water partition coefficient (Wildman–Crippen LogP) is 3.33. The largest absolute Gasteiger partial charge is 0.369 e. The summed E-state index contributed by atoms with van der Waals surface area (Å²) in [5.41, 5.74) is 4.37. The minimum absolute atomic E-state index is 0.0266. The molecule has 1 atom stereocenters. The van der Waals surface area contributed by atoms with Crippen molar-refractivity contribution in [3.63, 3.8) is 0 Å². The summed E-state index contributed by atoms with van der Waals surface area (Å²) in [6.07, 6.45) is 3.54. The first-order valence-electron chi connectivity index (χ1n) is 7.85. The highest BCUT2D eigenvalue weighted by molar-refractivity contribution is 5.78. The SMILES string of the molecule is Cc1ccc([C@H](NC(=O)COC(C)C)c2cccnc2)c(C)c1. The van der Waals surface area contributed by atoms with Crippen LogP contribution < -0.4 is 5.32 Å². The number of aromatic nitrogens is 1. The van der Waals surface area contributed by atoms with Gasteiger partial charge in [0.25, 0.3) is 0 Å². The lowest BCUT2D eigenvalue weighted by atomic mass is 9.94. The monoisotopic (exact) mass is 312 g/mol. The third-order valence-corrected chi connectivity index (χ3v) is 3.61. The lowest BCUT2D eigenvalue weighted by molar-refractivity contribution is -0.127. The molecule has 0 aliphatic carbocycles. The van der Waals surface area contributed by atoms with Crippen molar-refractivity contribution in [2.45, 2.75) is 39.8 Å². The van der Waals surface area contributed by atoms with Gasteiger partial charge in [-0.15, -0.1) is 0 Å². The Hall–Kier alpha value is -2.20. The predicted molar refractivity (Wildman–Crippen MR) is 91.2 cm³/mol. The number of aryl methyl sites for hydroxylation is 2. The molecular formula is C19H24N2O2. The minimum Gasteiger partial charge on any atom is -0.369 e. The Morgan fingerprint density at radius 2 is 2.04 bits per heavy atom. The molecule has 1 aromatic heterocycles. The van der Waals surface area contributed by atoms with Crippen LogP contribution in [0.4, 0.5) is 0 Å². The topological polar surface area (TPSA) is 51.2 Å². The molecule has 122 valence electrons. The van der Waals surface area contributed by atoms with Crippen LogP contribution in [0.2, 0.25) is 0 Å². The molecule has 1 amide bonds. The highest BCUT2D eigenvalue weighted by atomic mass is 16.5. The molecule has 1 N–H and O–H groups in total. The molecule has 4 nitrogen and oxygen atoms in total. The summed E-state index contributed by atoms with van der Waals surface area (Å²) in [5, 5.41) is 3.06. The smallest absolute Gasteiger partial charge is 0.246 e. The van der Waals surface area contributed by atoms with Crippen molar-refractivity contribution in [2.24, 2.45) is 0 Å². The number of nitrogens with zero attached hydrogens (tertiary/aromatic N) is 1. The van der Waals surface area contributed by atoms with Gasteiger partial charge in [-0.3, -0.25) is 9.78 Å². The number of nitrogens with one attached hydrogen (secondary N) is 1. The van der Waals surface area contributed by atoms with Crippen molar-refractivity contribution in [1.82, 2.24) is 10.3 Å². The van der Waals surface area contributed by atoms with Crippen molar-refractivity contribution in [2.75, 3.05) is 6.61 Å². The number of carbonyl (C=O) groups is 1. The number of hydrogen-bond acceptors (Lipinski definition) is 3. The molecular weight excluding hydrogens is 288 g/mol. The normalized spacial score (nSPS) is 12.2. The Morgan fingerprint density at radius 3 is 2.65 bits per heavy atom. The van der Waals surface area contributed by atoms with Gasteiger partial charge in [-0.2, -0.15) is 0 Å². The molecule has 0 saturated carbocycles. The molecule has 4 heteroatoms. The van der Waals surface area contributed by atoms with Crippen LogP contribution in [0.3, 0.4) is 0 Å². The minimum atomic E-state index is -0.229. The second-order valence-corrected chi connectivity index (χ2v) is 6.01. The first-order chi connectivity index (χ1) is 11.0. The summed E-state index contributed by atoms with van der Waals surface area (Å²) in [6.45, 7) is 8.00. The van der Waals surface area contributed by atoms with E-state index in [4.69, 9.17) is 4.74 Å². The van der Waals surface area contributed by atoms with E-state index in [0.29, 0.717) is 0 Å². The van der Waals surface area contributed by atoms with Gasteiger partial charge in [0, 0.05) is 12.4 Å². The van der Waals surface area contributed by atoms with Crippen LogP contribution in [0, 0.1) is 13.8 Å². The van der Waals surface area contributed by atoms with Crippen LogP contribution in [0.1, 0.15) is 42.1 Å². The Morgan fingerprint density at radius 1 is 1.26 bits per heavy atom. The maximum atomic E-state index is 12.2. The van der Waals surface area contributed by atoms with E-state index in [9.17, 15) is 4.79 Å². The van der Waals surface area contributed by atoms with Crippen LogP contribution in [-0.4, -0.2) is 23.6 Å². The zero-order valence-corrected chi connectivity index (χ0v) is 14.2. The quantitative estimate of drug-likeness (QED) is 0.890. The van der Waals surface area contributed by atoms with Gasteiger partial charge in [-0.05, 0) is 50.5 Å². The summed E-state index contributed by atoms with van der Waals surface area (Å²) in [6, 6.07) is 9.86. The van der Waals surface area contributed by atoms with E-state index < -0.39 is 0 Å². The van der Waals surface area contributed by atoms with Crippen molar-refractivity contribution in [3.8, 4) is 0 Å². The van der Waals surface area contributed by atoms with Gasteiger partial charge in [-0.1, -0.05) is 29.8 Å². The Balaban J connectivity index is 2.27. The average Bonchev–Trinajstić information content (AvgIpc) is 2.52. The average molecular weight is 312 g/mol. The molecule has 2 aromatic rings. The van der Waals surface area contributed by atoms with Gasteiger partial charge < -0.3 is 10.1 Å². The second kappa shape index (κ2) is 7.88. The molecule has 23 heavy (non-hydrogen) atoms. The van der Waals surface area contributed by atoms with E-state index in [0.717, 1.165) is 16.7 Å². The molecule has 0 bridgehead atoms. The van der Waals surface area contributed by atoms with Crippen LogP contribution in [0.5, 0.6) is 0 Å². The van der Waals surface area contributed by atoms with Gasteiger partial charge in [0.2, 0.25) is 5.91 Å². The Labute approximate surface area is 137 Å². The van der Waals surface area contributed by atoms with Crippen molar-refractivity contribution in [1.29, 1.82) is 0 Å². The summed E-state index contributed by atoms with van der Waals surface area (Å²) < 4.78 is 5.40. The van der Waals surface area contributed by atoms with E-state index in [1.165, 1.54) is 5.56 Å². The number of hydrogen-bond donors (Lipinski definition) is 1. The van der Waals surface area contributed by atoms with Gasteiger partial charge in [-0.25, -0.2) is 0 Å². The molecule has 0 unspecified atom stereocenters. The Bertz CT molecular complexity index is 654. The molecule has 0 radical (unpaired) electrons. The second-order valence-electron chi connectivity index (χ2n) is 6.01. The van der Waals surface area contributed by atoms with Crippen LogP contribution in [0.25, 0.3) is 0 Å². The summed E-state index contributed by atoms with van der Waals surface area (Å²) in [7, 11) is 0. The number of pyridine rings is 1. The lowest BCUT2D eigenvalue weighted by Crippen LogP contribution is -2.33. The van der Waals surface area contributed by atoms with Gasteiger partial charge >= 0.3 is 0 Å². The summed E-state index contributed by atoms with van der Waals surface area (Å²) >= 11 is 0. The van der Waals surface area contributed by atoms with Gasteiger partial charge in [0.1, 0.15) is 6.61 Å². The van der Waals surface area contributed by atoms with Crippen molar-refractivity contribution >= 4 is 5.91 Å². The maximum Gasteiger partial charge on any atom is 0.246 e. The molecule has 1 aromatic carbocycles. The van der Waals surface area contributed by atoms with E-state index >= 15 is 0 Å². The van der Waals surface area contributed by atoms with Crippen molar-refractivity contribution in [3.05, 3.63) is 65.0 Å². The fraction of sp³-hybridized carbons (Fsp3) is 0.368. The van der Waals surface area contributed by atoms with Gasteiger partial charge in [0.15, 0.2) is 0 Å². The zero-order valence-electron chi connectivity index (χ0n) is 14.2. The number of ether oxygens (including phenoxy) is 1. The maximum absolute atomic E-state index is 12.2. The van der Waals surface area contributed by atoms with Crippen LogP contribution in [-0.2, 0) is 9.53 Å². The molecule has 0 aliphatic rings. The number of benzene rings is 1. The standard InChI is InChI=1S/C19H24N2O2/c1-13(2)23-12-18(22)21-19(16-6-5-9-20-11-16)17-8-7-14(3)10-15(17)4/h5-11,13,19H,12H2,1-4H3,(H,21,22)/t19-/m1/s1. The summed E-state index contributed by atoms with van der Waals surface area (Å²) in [5.74, 6) is -0.132. The van der Waals surface area contributed by atoms with E-state index in [1.807, 2.05) is 26.0 Å². The van der Waals surface area contributed by atoms with Gasteiger partial charge in [0.05, 0.1) is 12.1 Å². The van der Waals surface area contributed by atoms with E-state index in [1.54, 1.807) is 12.4 Å². The highest BCUT2D eigenvalue weighted by Gasteiger charge is 2.19. The molecule has 1 heterocycles. The molecule has 0 fully saturated rings. The first kappa shape index (κ1) is 17.2. The van der Waals surface area contributed by atoms with Crippen LogP contribution in [0.15, 0.2) is 42.7 Å². The number of amides is 1. The third-order valence-electron chi connectivity index (χ3n) is 3.61. The fourth-order valence-electron chi connectivity index (χ4n) is 2.48. The molecule has 2 rings (SSSR count). The summed E-state index contributed by atoms with van der Waals surface area (Å²) in [4.78, 5) is 16.4. The van der Waals surface area contributed by atoms with E-state index in [-0.39, 0.29) is 24.7 Å². The van der Waals surface area contributed by atoms with Crippen LogP contribution >= 0.6 is 0 Å². The fourth-order valence-corrected chi connectivity index (χ4v) is 2.48. The van der Waals surface area contributed by atoms with Crippen molar-refractivity contribution < 1.29 is 9.53 Å². The zero-order chi connectivity index (χ0) is 16.8. The molecule has 0 spiro atoms. The highest BCUT2D eigenvalue weighted by Crippen LogP contribution is 2.25. The molecule has 0 aliphatic heterocycles. The lowest BCUT2D eigenvalue weighted by Gasteiger charge is -2.22.